The van der Waals surface area contributed by atoms with Gasteiger partial charge in [-0.3, -0.25) is 0 Å². The van der Waals surface area contributed by atoms with Crippen molar-refractivity contribution in [2.45, 2.75) is 23.7 Å². The van der Waals surface area contributed by atoms with Gasteiger partial charge in [-0.15, -0.1) is 0 Å². The molecule has 2 aliphatic carbocycles. The third kappa shape index (κ3) is 1.32. The molecule has 0 N–H and O–H groups in total. The Morgan fingerprint density at radius 1 is 0.636 bits per heavy atom. The van der Waals surface area contributed by atoms with E-state index in [-0.39, 0.29) is 0 Å². The van der Waals surface area contributed by atoms with Gasteiger partial charge in [0.25, 0.3) is 0 Å². The second-order valence-corrected chi connectivity index (χ2v) is 6.01. The molecule has 2 bridgehead atoms. The fourth-order valence-corrected chi connectivity index (χ4v) is 4.04. The predicted octanol–water partition coefficient (Wildman–Crippen LogP) is 3.97. The van der Waals surface area contributed by atoms with Crippen LogP contribution in [0.3, 0.4) is 0 Å². The fraction of sp³-hybridized carbons (Fsp3) is 0.200. The number of nitrogens with zero attached hydrogens (tertiary/aromatic N) is 2. The van der Waals surface area contributed by atoms with E-state index in [1.165, 1.54) is 0 Å². The molecule has 4 rings (SSSR count). The molecule has 2 aliphatic rings. The van der Waals surface area contributed by atoms with Crippen LogP contribution in [-0.2, 0) is 10.8 Å². The van der Waals surface area contributed by atoms with Gasteiger partial charge in [-0.05, 0) is 35.1 Å². The maximum atomic E-state index is 10.1. The first kappa shape index (κ1) is 12.9. The van der Waals surface area contributed by atoms with E-state index in [9.17, 15) is 10.5 Å². The third-order valence-electron chi connectivity index (χ3n) is 5.09. The summed E-state index contributed by atoms with van der Waals surface area (Å²) in [6.07, 6.45) is 5.42. The highest BCUT2D eigenvalue weighted by molar-refractivity contribution is 5.66. The van der Waals surface area contributed by atoms with Gasteiger partial charge >= 0.3 is 0 Å². The Kier molecular flexibility index (Phi) is 2.53. The Labute approximate surface area is 129 Å². The van der Waals surface area contributed by atoms with E-state index in [1.807, 2.05) is 48.5 Å². The number of nitriles is 2. The van der Waals surface area contributed by atoms with Gasteiger partial charge in [0.05, 0.1) is 12.1 Å². The van der Waals surface area contributed by atoms with E-state index in [0.717, 1.165) is 22.3 Å². The fourth-order valence-electron chi connectivity index (χ4n) is 4.04. The molecule has 0 saturated carbocycles. The molecule has 0 amide bonds. The quantitative estimate of drug-likeness (QED) is 0.686. The molecule has 2 aromatic carbocycles. The topological polar surface area (TPSA) is 47.6 Å². The number of hydrogen-bond acceptors (Lipinski definition) is 2. The van der Waals surface area contributed by atoms with E-state index in [0.29, 0.717) is 12.8 Å². The minimum Gasteiger partial charge on any atom is -0.197 e. The van der Waals surface area contributed by atoms with Crippen molar-refractivity contribution in [3.63, 3.8) is 0 Å². The van der Waals surface area contributed by atoms with E-state index >= 15 is 0 Å². The van der Waals surface area contributed by atoms with Crippen molar-refractivity contribution in [1.82, 2.24) is 0 Å². The van der Waals surface area contributed by atoms with Crippen LogP contribution in [0.25, 0.3) is 0 Å². The molecule has 2 nitrogen and oxygen atoms in total. The van der Waals surface area contributed by atoms with Crippen molar-refractivity contribution in [2.75, 3.05) is 0 Å². The third-order valence-corrected chi connectivity index (χ3v) is 5.09. The van der Waals surface area contributed by atoms with Gasteiger partial charge in [0.15, 0.2) is 0 Å². The lowest BCUT2D eigenvalue weighted by molar-refractivity contribution is 0.537. The summed E-state index contributed by atoms with van der Waals surface area (Å²) in [7, 11) is 0. The van der Waals surface area contributed by atoms with Gasteiger partial charge < -0.3 is 0 Å². The minimum absolute atomic E-state index is 0.652. The van der Waals surface area contributed by atoms with E-state index in [4.69, 9.17) is 0 Å². The summed E-state index contributed by atoms with van der Waals surface area (Å²) in [6, 6.07) is 21.0. The van der Waals surface area contributed by atoms with Crippen LogP contribution in [0.2, 0.25) is 0 Å². The molecule has 0 saturated heterocycles. The van der Waals surface area contributed by atoms with Crippen molar-refractivity contribution in [3.8, 4) is 12.1 Å². The first-order chi connectivity index (χ1) is 10.8. The van der Waals surface area contributed by atoms with Gasteiger partial charge in [-0.25, -0.2) is 0 Å². The number of benzene rings is 2. The zero-order valence-electron chi connectivity index (χ0n) is 12.1. The van der Waals surface area contributed by atoms with Gasteiger partial charge in [-0.2, -0.15) is 10.5 Å². The first-order valence-corrected chi connectivity index (χ1v) is 7.46. The summed E-state index contributed by atoms with van der Waals surface area (Å²) in [5, 5.41) is 20.1. The monoisotopic (exact) mass is 282 g/mol. The lowest BCUT2D eigenvalue weighted by atomic mass is 9.55. The average molecular weight is 282 g/mol. The maximum Gasteiger partial charge on any atom is 0.111 e. The Morgan fingerprint density at radius 3 is 1.23 bits per heavy atom. The van der Waals surface area contributed by atoms with Gasteiger partial charge in [0, 0.05) is 0 Å². The Hall–Kier alpha value is -2.84. The van der Waals surface area contributed by atoms with E-state index in [1.54, 1.807) is 0 Å². The van der Waals surface area contributed by atoms with Crippen LogP contribution in [0.15, 0.2) is 60.7 Å². The summed E-state index contributed by atoms with van der Waals surface area (Å²) in [5.41, 5.74) is 2.57. The SMILES string of the molecule is N#CC12C/C=C\CC(C#N)(c3ccccc31)c1ccccc12. The average Bonchev–Trinajstić information content (AvgIpc) is 2.57. The van der Waals surface area contributed by atoms with Gasteiger partial charge in [0.1, 0.15) is 10.8 Å². The molecule has 104 valence electrons. The molecule has 22 heavy (non-hydrogen) atoms. The summed E-state index contributed by atoms with van der Waals surface area (Å²) in [5.74, 6) is 0. The van der Waals surface area contributed by atoms with Crippen molar-refractivity contribution in [3.05, 3.63) is 82.9 Å². The summed E-state index contributed by atoms with van der Waals surface area (Å²) in [6.45, 7) is 0. The normalized spacial score (nSPS) is 29.2. The molecule has 0 aliphatic heterocycles. The molecule has 2 aromatic rings. The molecule has 0 radical (unpaired) electrons. The van der Waals surface area contributed by atoms with Crippen molar-refractivity contribution >= 4 is 0 Å². The number of allylic oxidation sites excluding steroid dienone is 2. The Bertz CT molecular complexity index is 758. The molecule has 2 heteroatoms. The van der Waals surface area contributed by atoms with E-state index in [2.05, 4.69) is 24.3 Å². The molecule has 0 atom stereocenters. The number of fused-ring (bicyclic) bond motifs is 3. The molecule has 0 spiro atoms. The molecule has 0 aromatic heterocycles. The second-order valence-electron chi connectivity index (χ2n) is 6.01. The Morgan fingerprint density at radius 2 is 0.955 bits per heavy atom. The van der Waals surface area contributed by atoms with Crippen molar-refractivity contribution < 1.29 is 0 Å². The number of hydrogen-bond donors (Lipinski definition) is 0. The predicted molar refractivity (Wildman–Crippen MR) is 84.0 cm³/mol. The van der Waals surface area contributed by atoms with Gasteiger partial charge in [0.2, 0.25) is 0 Å². The lowest BCUT2D eigenvalue weighted by Gasteiger charge is -2.44. The smallest absolute Gasteiger partial charge is 0.111 e. The molecule has 0 unspecified atom stereocenters. The Balaban J connectivity index is 2.23. The minimum atomic E-state index is -0.690. The standard InChI is InChI=1S/C20H14N2/c21-13-19-11-5-6-12-20(14-22,16-8-2-1-7-15(16)19)18-10-4-3-9-17(18)19/h1-10H,11-12H2/b6-5-. The van der Waals surface area contributed by atoms with Crippen molar-refractivity contribution in [1.29, 1.82) is 10.5 Å². The zero-order valence-corrected chi connectivity index (χ0v) is 12.1. The van der Waals surface area contributed by atoms with Crippen LogP contribution in [0, 0.1) is 22.7 Å². The highest BCUT2D eigenvalue weighted by Gasteiger charge is 2.51. The van der Waals surface area contributed by atoms with Crippen LogP contribution >= 0.6 is 0 Å². The molecule has 0 fully saturated rings. The van der Waals surface area contributed by atoms with Gasteiger partial charge in [-0.1, -0.05) is 60.7 Å². The van der Waals surface area contributed by atoms with Crippen LogP contribution < -0.4 is 0 Å². The van der Waals surface area contributed by atoms with Crippen LogP contribution in [-0.4, -0.2) is 0 Å². The number of rotatable bonds is 0. The summed E-state index contributed by atoms with van der Waals surface area (Å²) < 4.78 is 0. The van der Waals surface area contributed by atoms with E-state index < -0.39 is 10.8 Å². The summed E-state index contributed by atoms with van der Waals surface area (Å²) in [4.78, 5) is 0. The van der Waals surface area contributed by atoms with Crippen LogP contribution in [0.5, 0.6) is 0 Å². The highest BCUT2D eigenvalue weighted by Crippen LogP contribution is 2.53. The molecular weight excluding hydrogens is 268 g/mol. The molecule has 0 heterocycles. The maximum absolute atomic E-state index is 10.1. The lowest BCUT2D eigenvalue weighted by Crippen LogP contribution is -2.42. The second kappa shape index (κ2) is 4.33. The van der Waals surface area contributed by atoms with Crippen molar-refractivity contribution in [2.24, 2.45) is 0 Å². The van der Waals surface area contributed by atoms with Crippen LogP contribution in [0.4, 0.5) is 0 Å². The molecular formula is C20H14N2. The summed E-state index contributed by atoms with van der Waals surface area (Å²) >= 11 is 0. The first-order valence-electron chi connectivity index (χ1n) is 7.46. The van der Waals surface area contributed by atoms with Crippen LogP contribution in [0.1, 0.15) is 35.1 Å². The zero-order chi connectivity index (χ0) is 15.2. The largest absolute Gasteiger partial charge is 0.197 e. The highest BCUT2D eigenvalue weighted by atomic mass is 14.5.